The van der Waals surface area contributed by atoms with Gasteiger partial charge in [0.25, 0.3) is 0 Å². The Kier molecular flexibility index (Phi) is 8.07. The Hall–Kier alpha value is -1.92. The van der Waals surface area contributed by atoms with Gasteiger partial charge >= 0.3 is 0 Å². The number of carbonyl (C=O) groups is 2. The SMILES string of the molecule is CCC(=O)N1CCN(CC(=O)c2ccc(OCCCN3CCC[C@H]3C)cc2)CC1. The van der Waals surface area contributed by atoms with E-state index in [1.165, 1.54) is 19.4 Å². The third-order valence-electron chi connectivity index (χ3n) is 6.12. The molecule has 6 heteroatoms. The van der Waals surface area contributed by atoms with Crippen LogP contribution in [0.1, 0.15) is 49.9 Å². The molecule has 1 aromatic carbocycles. The summed E-state index contributed by atoms with van der Waals surface area (Å²) in [5.74, 6) is 1.14. The molecular formula is C23H35N3O3. The van der Waals surface area contributed by atoms with Gasteiger partial charge in [-0.05, 0) is 57.0 Å². The second kappa shape index (κ2) is 10.7. The number of ketones is 1. The second-order valence-corrected chi connectivity index (χ2v) is 8.19. The van der Waals surface area contributed by atoms with E-state index in [0.29, 0.717) is 38.7 Å². The van der Waals surface area contributed by atoms with Crippen LogP contribution in [0.4, 0.5) is 0 Å². The molecule has 29 heavy (non-hydrogen) atoms. The number of rotatable bonds is 9. The molecular weight excluding hydrogens is 366 g/mol. The van der Waals surface area contributed by atoms with Gasteiger partial charge in [0.2, 0.25) is 5.91 Å². The maximum absolute atomic E-state index is 12.6. The lowest BCUT2D eigenvalue weighted by atomic mass is 10.1. The van der Waals surface area contributed by atoms with E-state index >= 15 is 0 Å². The topological polar surface area (TPSA) is 53.1 Å². The Bertz CT molecular complexity index is 668. The Balaban J connectivity index is 1.37. The van der Waals surface area contributed by atoms with E-state index in [2.05, 4.69) is 16.7 Å². The molecule has 0 aliphatic carbocycles. The molecule has 0 N–H and O–H groups in total. The van der Waals surface area contributed by atoms with Crippen LogP contribution in [0.3, 0.4) is 0 Å². The van der Waals surface area contributed by atoms with Crippen LogP contribution in [0.5, 0.6) is 5.75 Å². The standard InChI is InChI=1S/C23H35N3O3/c1-3-23(28)26-15-13-24(14-16-26)18-22(27)20-7-9-21(10-8-20)29-17-5-12-25-11-4-6-19(25)2/h7-10,19H,3-6,11-18H2,1-2H3/t19-/m1/s1. The van der Waals surface area contributed by atoms with Crippen LogP contribution in [-0.4, -0.2) is 84.9 Å². The van der Waals surface area contributed by atoms with E-state index < -0.39 is 0 Å². The highest BCUT2D eigenvalue weighted by Gasteiger charge is 2.22. The van der Waals surface area contributed by atoms with Crippen molar-refractivity contribution in [3.63, 3.8) is 0 Å². The molecule has 2 fully saturated rings. The molecule has 3 rings (SSSR count). The normalized spacial score (nSPS) is 20.8. The van der Waals surface area contributed by atoms with Crippen LogP contribution < -0.4 is 4.74 Å². The Morgan fingerprint density at radius 1 is 1.07 bits per heavy atom. The third kappa shape index (κ3) is 6.28. The number of ether oxygens (including phenoxy) is 1. The molecule has 0 radical (unpaired) electrons. The van der Waals surface area contributed by atoms with Gasteiger partial charge in [-0.3, -0.25) is 14.5 Å². The van der Waals surface area contributed by atoms with E-state index in [4.69, 9.17) is 4.74 Å². The van der Waals surface area contributed by atoms with Crippen LogP contribution in [-0.2, 0) is 4.79 Å². The molecule has 6 nitrogen and oxygen atoms in total. The fourth-order valence-electron chi connectivity index (χ4n) is 4.19. The lowest BCUT2D eigenvalue weighted by Crippen LogP contribution is -2.49. The van der Waals surface area contributed by atoms with E-state index in [0.717, 1.165) is 37.4 Å². The first-order valence-electron chi connectivity index (χ1n) is 11.1. The molecule has 2 heterocycles. The van der Waals surface area contributed by atoms with E-state index in [1.54, 1.807) is 0 Å². The van der Waals surface area contributed by atoms with Crippen molar-refractivity contribution in [2.24, 2.45) is 0 Å². The fraction of sp³-hybridized carbons (Fsp3) is 0.652. The van der Waals surface area contributed by atoms with Gasteiger partial charge in [0.05, 0.1) is 13.2 Å². The quantitative estimate of drug-likeness (QED) is 0.470. The number of amides is 1. The number of nitrogens with zero attached hydrogens (tertiary/aromatic N) is 3. The predicted molar refractivity (Wildman–Crippen MR) is 114 cm³/mol. The molecule has 160 valence electrons. The summed E-state index contributed by atoms with van der Waals surface area (Å²) in [4.78, 5) is 30.9. The Morgan fingerprint density at radius 2 is 1.79 bits per heavy atom. The maximum Gasteiger partial charge on any atom is 0.222 e. The van der Waals surface area contributed by atoms with Gasteiger partial charge in [0.15, 0.2) is 5.78 Å². The summed E-state index contributed by atoms with van der Waals surface area (Å²) in [6.07, 6.45) is 4.19. The number of benzene rings is 1. The van der Waals surface area contributed by atoms with Crippen LogP contribution in [0, 0.1) is 0 Å². The molecule has 0 aromatic heterocycles. The Morgan fingerprint density at radius 3 is 2.41 bits per heavy atom. The van der Waals surface area contributed by atoms with Gasteiger partial charge in [0.1, 0.15) is 5.75 Å². The molecule has 2 aliphatic rings. The molecule has 0 saturated carbocycles. The molecule has 0 spiro atoms. The molecule has 1 atom stereocenters. The highest BCUT2D eigenvalue weighted by Crippen LogP contribution is 2.17. The summed E-state index contributed by atoms with van der Waals surface area (Å²) in [5.41, 5.74) is 0.718. The number of carbonyl (C=O) groups excluding carboxylic acids is 2. The minimum Gasteiger partial charge on any atom is -0.494 e. The van der Waals surface area contributed by atoms with Crippen molar-refractivity contribution in [3.8, 4) is 5.75 Å². The average molecular weight is 402 g/mol. The summed E-state index contributed by atoms with van der Waals surface area (Å²) in [6, 6.07) is 8.21. The first-order chi connectivity index (χ1) is 14.1. The summed E-state index contributed by atoms with van der Waals surface area (Å²) in [5, 5.41) is 0. The van der Waals surface area contributed by atoms with E-state index in [1.807, 2.05) is 36.1 Å². The van der Waals surface area contributed by atoms with Gasteiger partial charge in [-0.25, -0.2) is 0 Å². The molecule has 2 aliphatic heterocycles. The average Bonchev–Trinajstić information content (AvgIpc) is 3.16. The minimum absolute atomic E-state index is 0.120. The first-order valence-corrected chi connectivity index (χ1v) is 11.1. The highest BCUT2D eigenvalue weighted by molar-refractivity contribution is 5.97. The summed E-state index contributed by atoms with van der Waals surface area (Å²) >= 11 is 0. The summed E-state index contributed by atoms with van der Waals surface area (Å²) in [6.45, 7) is 10.5. The molecule has 1 aromatic rings. The Labute approximate surface area is 174 Å². The number of piperazine rings is 1. The van der Waals surface area contributed by atoms with Crippen LogP contribution in [0.15, 0.2) is 24.3 Å². The van der Waals surface area contributed by atoms with E-state index in [-0.39, 0.29) is 11.7 Å². The van der Waals surface area contributed by atoms with Gasteiger partial charge in [0, 0.05) is 50.7 Å². The van der Waals surface area contributed by atoms with Gasteiger partial charge in [-0.2, -0.15) is 0 Å². The molecule has 2 saturated heterocycles. The number of likely N-dealkylation sites (tertiary alicyclic amines) is 1. The van der Waals surface area contributed by atoms with Crippen molar-refractivity contribution < 1.29 is 14.3 Å². The maximum atomic E-state index is 12.6. The number of hydrogen-bond acceptors (Lipinski definition) is 5. The first kappa shape index (κ1) is 21.8. The second-order valence-electron chi connectivity index (χ2n) is 8.19. The molecule has 0 bridgehead atoms. The van der Waals surface area contributed by atoms with Gasteiger partial charge < -0.3 is 14.5 Å². The smallest absolute Gasteiger partial charge is 0.222 e. The van der Waals surface area contributed by atoms with Crippen molar-refractivity contribution in [1.82, 2.24) is 14.7 Å². The monoisotopic (exact) mass is 401 g/mol. The number of Topliss-reactive ketones (excluding diaryl/α,β-unsaturated/α-hetero) is 1. The lowest BCUT2D eigenvalue weighted by Gasteiger charge is -2.34. The van der Waals surface area contributed by atoms with Crippen molar-refractivity contribution >= 4 is 11.7 Å². The van der Waals surface area contributed by atoms with Crippen molar-refractivity contribution in [2.75, 3.05) is 52.4 Å². The van der Waals surface area contributed by atoms with Gasteiger partial charge in [-0.1, -0.05) is 6.92 Å². The summed E-state index contributed by atoms with van der Waals surface area (Å²) < 4.78 is 5.84. The van der Waals surface area contributed by atoms with Crippen LogP contribution >= 0.6 is 0 Å². The zero-order valence-electron chi connectivity index (χ0n) is 17.9. The van der Waals surface area contributed by atoms with Crippen molar-refractivity contribution in [1.29, 1.82) is 0 Å². The van der Waals surface area contributed by atoms with Crippen LogP contribution in [0.25, 0.3) is 0 Å². The largest absolute Gasteiger partial charge is 0.494 e. The van der Waals surface area contributed by atoms with Crippen molar-refractivity contribution in [2.45, 2.75) is 45.6 Å². The molecule has 1 amide bonds. The van der Waals surface area contributed by atoms with Crippen LogP contribution in [0.2, 0.25) is 0 Å². The predicted octanol–water partition coefficient (Wildman–Crippen LogP) is 2.68. The minimum atomic E-state index is 0.120. The zero-order chi connectivity index (χ0) is 20.6. The highest BCUT2D eigenvalue weighted by atomic mass is 16.5. The lowest BCUT2D eigenvalue weighted by molar-refractivity contribution is -0.132. The number of hydrogen-bond donors (Lipinski definition) is 0. The summed E-state index contributed by atoms with van der Waals surface area (Å²) in [7, 11) is 0. The fourth-order valence-corrected chi connectivity index (χ4v) is 4.19. The van der Waals surface area contributed by atoms with Gasteiger partial charge in [-0.15, -0.1) is 0 Å². The zero-order valence-corrected chi connectivity index (χ0v) is 17.9. The van der Waals surface area contributed by atoms with Crippen molar-refractivity contribution in [3.05, 3.63) is 29.8 Å². The third-order valence-corrected chi connectivity index (χ3v) is 6.12. The molecule has 0 unspecified atom stereocenters. The van der Waals surface area contributed by atoms with E-state index in [9.17, 15) is 9.59 Å².